The fourth-order valence-corrected chi connectivity index (χ4v) is 3.79. The first-order valence-corrected chi connectivity index (χ1v) is 10.4. The van der Waals surface area contributed by atoms with E-state index in [0.29, 0.717) is 30.3 Å². The Balaban J connectivity index is 1.53. The number of pyridine rings is 1. The van der Waals surface area contributed by atoms with Crippen LogP contribution < -0.4 is 5.32 Å². The molecule has 4 aromatic rings. The van der Waals surface area contributed by atoms with Crippen LogP contribution >= 0.6 is 0 Å². The fraction of sp³-hybridized carbons (Fsp3) is 0.120. The van der Waals surface area contributed by atoms with Gasteiger partial charge in [-0.15, -0.1) is 0 Å². The Morgan fingerprint density at radius 2 is 1.79 bits per heavy atom. The number of carbonyl (C=O) groups is 1. The Morgan fingerprint density at radius 1 is 0.970 bits per heavy atom. The molecule has 33 heavy (non-hydrogen) atoms. The number of carbonyl (C=O) groups excluding carboxylic acids is 1. The molecule has 2 aromatic heterocycles. The maximum absolute atomic E-state index is 14.2. The second-order valence-corrected chi connectivity index (χ2v) is 7.65. The second-order valence-electron chi connectivity index (χ2n) is 7.65. The first-order valence-electron chi connectivity index (χ1n) is 10.4. The summed E-state index contributed by atoms with van der Waals surface area (Å²) in [4.78, 5) is 28.1. The molecule has 0 bridgehead atoms. The minimum Gasteiger partial charge on any atom is -0.340 e. The number of fused-ring (bicyclic) bond motifs is 1. The Hall–Kier alpha value is -4.20. The normalized spacial score (nSPS) is 12.8. The summed E-state index contributed by atoms with van der Waals surface area (Å²) < 4.78 is 27.6. The fourth-order valence-electron chi connectivity index (χ4n) is 3.79. The van der Waals surface area contributed by atoms with Gasteiger partial charge in [0, 0.05) is 42.2 Å². The third kappa shape index (κ3) is 4.27. The minimum atomic E-state index is -0.555. The van der Waals surface area contributed by atoms with E-state index in [0.717, 1.165) is 16.8 Å². The van der Waals surface area contributed by atoms with Gasteiger partial charge < -0.3 is 10.2 Å². The van der Waals surface area contributed by atoms with E-state index in [1.54, 1.807) is 47.6 Å². The van der Waals surface area contributed by atoms with Gasteiger partial charge >= 0.3 is 0 Å². The summed E-state index contributed by atoms with van der Waals surface area (Å²) >= 11 is 0. The van der Waals surface area contributed by atoms with E-state index in [-0.39, 0.29) is 23.8 Å². The Morgan fingerprint density at radius 3 is 2.55 bits per heavy atom. The molecule has 5 rings (SSSR count). The van der Waals surface area contributed by atoms with Crippen molar-refractivity contribution < 1.29 is 13.6 Å². The Labute approximate surface area is 189 Å². The van der Waals surface area contributed by atoms with Gasteiger partial charge in [-0.1, -0.05) is 12.1 Å². The van der Waals surface area contributed by atoms with E-state index >= 15 is 0 Å². The zero-order chi connectivity index (χ0) is 22.8. The monoisotopic (exact) mass is 443 g/mol. The van der Waals surface area contributed by atoms with Crippen LogP contribution in [0.4, 0.5) is 20.3 Å². The maximum Gasteiger partial charge on any atom is 0.257 e. The van der Waals surface area contributed by atoms with Gasteiger partial charge in [-0.25, -0.2) is 18.7 Å². The van der Waals surface area contributed by atoms with Gasteiger partial charge in [0.25, 0.3) is 5.91 Å². The summed E-state index contributed by atoms with van der Waals surface area (Å²) in [5, 5.41) is 3.23. The summed E-state index contributed by atoms with van der Waals surface area (Å²) in [5.74, 6) is -0.274. The van der Waals surface area contributed by atoms with Gasteiger partial charge in [0.2, 0.25) is 0 Å². The smallest absolute Gasteiger partial charge is 0.257 e. The zero-order valence-corrected chi connectivity index (χ0v) is 17.5. The second kappa shape index (κ2) is 8.74. The summed E-state index contributed by atoms with van der Waals surface area (Å²) in [6, 6.07) is 15.5. The van der Waals surface area contributed by atoms with Crippen LogP contribution in [-0.4, -0.2) is 32.3 Å². The number of nitrogens with zero attached hydrogens (tertiary/aromatic N) is 4. The zero-order valence-electron chi connectivity index (χ0n) is 17.5. The van der Waals surface area contributed by atoms with Gasteiger partial charge in [-0.05, 0) is 48.5 Å². The third-order valence-corrected chi connectivity index (χ3v) is 5.48. The lowest BCUT2D eigenvalue weighted by Crippen LogP contribution is -2.37. The summed E-state index contributed by atoms with van der Waals surface area (Å²) in [7, 11) is 0. The molecule has 8 heteroatoms. The SMILES string of the molecule is O=C(c1ccccc1F)N1CCc2nc(-c3cccnc3)nc(Nc3ccc(F)cc3)c2C1. The molecular weight excluding hydrogens is 424 g/mol. The standard InChI is InChI=1S/C25H19F2N5O/c26-17-7-9-18(10-8-17)29-24-20-15-32(25(33)19-5-1-2-6-21(19)27)13-11-22(20)30-23(31-24)16-4-3-12-28-14-16/h1-10,12,14H,11,13,15H2,(H,29,30,31). The van der Waals surface area contributed by atoms with Crippen LogP contribution in [0.2, 0.25) is 0 Å². The molecule has 1 aliphatic heterocycles. The van der Waals surface area contributed by atoms with Gasteiger partial charge in [0.15, 0.2) is 5.82 Å². The molecule has 3 heterocycles. The number of benzene rings is 2. The molecular formula is C25H19F2N5O. The molecule has 0 unspecified atom stereocenters. The van der Waals surface area contributed by atoms with Gasteiger partial charge in [0.05, 0.1) is 17.8 Å². The highest BCUT2D eigenvalue weighted by Gasteiger charge is 2.27. The molecule has 0 aliphatic carbocycles. The predicted octanol–water partition coefficient (Wildman–Crippen LogP) is 4.76. The summed E-state index contributed by atoms with van der Waals surface area (Å²) in [6.07, 6.45) is 3.84. The molecule has 1 N–H and O–H groups in total. The maximum atomic E-state index is 14.2. The van der Waals surface area contributed by atoms with Gasteiger partial charge in [-0.2, -0.15) is 0 Å². The number of amides is 1. The topological polar surface area (TPSA) is 71.0 Å². The summed E-state index contributed by atoms with van der Waals surface area (Å²) in [5.41, 5.74) is 2.97. The van der Waals surface area contributed by atoms with Crippen LogP contribution in [0.3, 0.4) is 0 Å². The van der Waals surface area contributed by atoms with Crippen LogP contribution in [0.5, 0.6) is 0 Å². The lowest BCUT2D eigenvalue weighted by atomic mass is 10.0. The average Bonchev–Trinajstić information content (AvgIpc) is 2.85. The Kier molecular flexibility index (Phi) is 5.48. The molecule has 164 valence electrons. The quantitative estimate of drug-likeness (QED) is 0.493. The number of nitrogens with one attached hydrogen (secondary N) is 1. The predicted molar refractivity (Wildman–Crippen MR) is 120 cm³/mol. The van der Waals surface area contributed by atoms with Crippen molar-refractivity contribution in [3.8, 4) is 11.4 Å². The van der Waals surface area contributed by atoms with E-state index in [9.17, 15) is 13.6 Å². The van der Waals surface area contributed by atoms with Crippen molar-refractivity contribution in [1.82, 2.24) is 19.9 Å². The van der Waals surface area contributed by atoms with Crippen molar-refractivity contribution in [2.75, 3.05) is 11.9 Å². The molecule has 1 aliphatic rings. The molecule has 0 fully saturated rings. The Bertz CT molecular complexity index is 1310. The molecule has 0 saturated heterocycles. The van der Waals surface area contributed by atoms with Crippen LogP contribution in [-0.2, 0) is 13.0 Å². The largest absolute Gasteiger partial charge is 0.340 e. The number of hydrogen-bond acceptors (Lipinski definition) is 5. The van der Waals surface area contributed by atoms with Crippen molar-refractivity contribution in [2.45, 2.75) is 13.0 Å². The van der Waals surface area contributed by atoms with Crippen molar-refractivity contribution in [2.24, 2.45) is 0 Å². The van der Waals surface area contributed by atoms with Crippen LogP contribution in [0.15, 0.2) is 73.1 Å². The highest BCUT2D eigenvalue weighted by Crippen LogP contribution is 2.30. The molecule has 2 aromatic carbocycles. The van der Waals surface area contributed by atoms with Gasteiger partial charge in [0.1, 0.15) is 17.5 Å². The van der Waals surface area contributed by atoms with E-state index in [1.165, 1.54) is 24.3 Å². The number of anilines is 2. The highest BCUT2D eigenvalue weighted by atomic mass is 19.1. The molecule has 0 radical (unpaired) electrons. The van der Waals surface area contributed by atoms with Crippen molar-refractivity contribution in [1.29, 1.82) is 0 Å². The number of aromatic nitrogens is 3. The first-order chi connectivity index (χ1) is 16.1. The number of rotatable bonds is 4. The molecule has 0 spiro atoms. The van der Waals surface area contributed by atoms with Crippen molar-refractivity contribution >= 4 is 17.4 Å². The van der Waals surface area contributed by atoms with E-state index in [2.05, 4.69) is 10.3 Å². The van der Waals surface area contributed by atoms with Crippen LogP contribution in [0.25, 0.3) is 11.4 Å². The van der Waals surface area contributed by atoms with Crippen LogP contribution in [0, 0.1) is 11.6 Å². The third-order valence-electron chi connectivity index (χ3n) is 5.48. The van der Waals surface area contributed by atoms with Gasteiger partial charge in [-0.3, -0.25) is 9.78 Å². The summed E-state index contributed by atoms with van der Waals surface area (Å²) in [6.45, 7) is 0.624. The van der Waals surface area contributed by atoms with E-state index < -0.39 is 5.82 Å². The van der Waals surface area contributed by atoms with E-state index in [1.807, 2.05) is 6.07 Å². The lowest BCUT2D eigenvalue weighted by molar-refractivity contribution is 0.0729. The molecule has 6 nitrogen and oxygen atoms in total. The van der Waals surface area contributed by atoms with E-state index in [4.69, 9.17) is 9.97 Å². The highest BCUT2D eigenvalue weighted by molar-refractivity contribution is 5.94. The molecule has 0 saturated carbocycles. The van der Waals surface area contributed by atoms with Crippen LogP contribution in [0.1, 0.15) is 21.6 Å². The average molecular weight is 443 g/mol. The number of halogens is 2. The van der Waals surface area contributed by atoms with Crippen molar-refractivity contribution in [3.63, 3.8) is 0 Å². The lowest BCUT2D eigenvalue weighted by Gasteiger charge is -2.30. The molecule has 1 amide bonds. The number of hydrogen-bond donors (Lipinski definition) is 1. The molecule has 0 atom stereocenters. The minimum absolute atomic E-state index is 0.0295. The first kappa shape index (κ1) is 20.7. The van der Waals surface area contributed by atoms with Crippen molar-refractivity contribution in [3.05, 3.63) is 102 Å².